The minimum Gasteiger partial charge on any atom is -0.478 e. The molecule has 0 unspecified atom stereocenters. The van der Waals surface area contributed by atoms with Crippen LogP contribution in [0.15, 0.2) is 24.4 Å². The van der Waals surface area contributed by atoms with Crippen LogP contribution < -0.4 is 16.0 Å². The summed E-state index contributed by atoms with van der Waals surface area (Å²) in [7, 11) is 0. The molecule has 9 heteroatoms. The largest absolute Gasteiger partial charge is 0.478 e. The van der Waals surface area contributed by atoms with Gasteiger partial charge in [0.05, 0.1) is 10.4 Å². The molecule has 0 aliphatic rings. The van der Waals surface area contributed by atoms with Gasteiger partial charge >= 0.3 is 12.0 Å². The highest BCUT2D eigenvalue weighted by Gasteiger charge is 2.25. The molecular formula is C23H32N4O4S. The van der Waals surface area contributed by atoms with Crippen molar-refractivity contribution in [2.24, 2.45) is 0 Å². The van der Waals surface area contributed by atoms with Gasteiger partial charge in [-0.2, -0.15) is 0 Å². The molecule has 2 aromatic heterocycles. The van der Waals surface area contributed by atoms with Crippen LogP contribution in [0, 0.1) is 6.92 Å². The Morgan fingerprint density at radius 1 is 1.03 bits per heavy atom. The van der Waals surface area contributed by atoms with Crippen LogP contribution in [0.1, 0.15) is 76.7 Å². The van der Waals surface area contributed by atoms with Crippen molar-refractivity contribution in [2.45, 2.75) is 58.8 Å². The molecule has 8 nitrogen and oxygen atoms in total. The molecule has 174 valence electrons. The number of hydrogen-bond donors (Lipinski definition) is 4. The van der Waals surface area contributed by atoms with Crippen LogP contribution in [0.5, 0.6) is 0 Å². The molecule has 0 radical (unpaired) electrons. The monoisotopic (exact) mass is 460 g/mol. The predicted molar refractivity (Wildman–Crippen MR) is 127 cm³/mol. The number of urea groups is 1. The normalized spacial score (nSPS) is 10.6. The number of aromatic carboxylic acids is 1. The Morgan fingerprint density at radius 3 is 2.47 bits per heavy atom. The van der Waals surface area contributed by atoms with Crippen molar-refractivity contribution in [1.29, 1.82) is 0 Å². The fraction of sp³-hybridized carbons (Fsp3) is 0.478. The van der Waals surface area contributed by atoms with Crippen LogP contribution in [0.2, 0.25) is 0 Å². The highest BCUT2D eigenvalue weighted by atomic mass is 32.1. The summed E-state index contributed by atoms with van der Waals surface area (Å²) >= 11 is 0.969. The van der Waals surface area contributed by atoms with E-state index in [0.29, 0.717) is 25.1 Å². The quantitative estimate of drug-likeness (QED) is 0.326. The lowest BCUT2D eigenvalue weighted by Gasteiger charge is -2.07. The van der Waals surface area contributed by atoms with Crippen molar-refractivity contribution in [3.05, 3.63) is 46.1 Å². The van der Waals surface area contributed by atoms with Gasteiger partial charge in [0.2, 0.25) is 0 Å². The zero-order valence-corrected chi connectivity index (χ0v) is 19.5. The van der Waals surface area contributed by atoms with E-state index in [9.17, 15) is 19.5 Å². The molecule has 0 atom stereocenters. The number of nitrogens with one attached hydrogen (secondary N) is 3. The minimum atomic E-state index is -1.18. The lowest BCUT2D eigenvalue weighted by molar-refractivity contribution is 0.0697. The highest BCUT2D eigenvalue weighted by Crippen LogP contribution is 2.33. The molecule has 2 heterocycles. The van der Waals surface area contributed by atoms with Gasteiger partial charge in [-0.25, -0.2) is 9.59 Å². The first-order valence-corrected chi connectivity index (χ1v) is 11.8. The van der Waals surface area contributed by atoms with Gasteiger partial charge in [-0.15, -0.1) is 11.3 Å². The number of carboxylic acid groups (broad SMARTS) is 1. The Labute approximate surface area is 192 Å². The number of pyridine rings is 1. The van der Waals surface area contributed by atoms with Crippen LogP contribution in [0.4, 0.5) is 9.80 Å². The number of carboxylic acids is 1. The molecule has 2 rings (SSSR count). The highest BCUT2D eigenvalue weighted by molar-refractivity contribution is 7.18. The molecule has 0 aliphatic heterocycles. The maximum Gasteiger partial charge on any atom is 0.339 e. The zero-order valence-electron chi connectivity index (χ0n) is 18.7. The van der Waals surface area contributed by atoms with E-state index in [1.165, 1.54) is 19.3 Å². The summed E-state index contributed by atoms with van der Waals surface area (Å²) in [6.45, 7) is 4.64. The van der Waals surface area contributed by atoms with Crippen molar-refractivity contribution in [3.8, 4) is 0 Å². The second kappa shape index (κ2) is 13.5. The zero-order chi connectivity index (χ0) is 23.3. The van der Waals surface area contributed by atoms with E-state index in [2.05, 4.69) is 27.9 Å². The Balaban J connectivity index is 1.90. The molecule has 0 spiro atoms. The van der Waals surface area contributed by atoms with E-state index < -0.39 is 12.0 Å². The summed E-state index contributed by atoms with van der Waals surface area (Å²) in [4.78, 5) is 41.1. The second-order valence-electron chi connectivity index (χ2n) is 7.54. The third kappa shape index (κ3) is 7.96. The lowest BCUT2D eigenvalue weighted by Crippen LogP contribution is -2.29. The molecular weight excluding hydrogens is 428 g/mol. The first kappa shape index (κ1) is 25.3. The first-order valence-electron chi connectivity index (χ1n) is 11.0. The summed E-state index contributed by atoms with van der Waals surface area (Å²) in [6.07, 6.45) is 8.93. The number of rotatable bonds is 13. The van der Waals surface area contributed by atoms with E-state index in [1.807, 2.05) is 18.2 Å². The van der Waals surface area contributed by atoms with Crippen LogP contribution in [-0.2, 0) is 6.42 Å². The van der Waals surface area contributed by atoms with E-state index >= 15 is 0 Å². The smallest absolute Gasteiger partial charge is 0.339 e. The molecule has 0 aromatic carbocycles. The summed E-state index contributed by atoms with van der Waals surface area (Å²) in [5.41, 5.74) is 1.13. The predicted octanol–water partition coefficient (Wildman–Crippen LogP) is 4.60. The van der Waals surface area contributed by atoms with E-state index in [0.717, 1.165) is 36.3 Å². The summed E-state index contributed by atoms with van der Waals surface area (Å²) in [5, 5.41) is 17.9. The molecule has 0 fully saturated rings. The van der Waals surface area contributed by atoms with E-state index in [-0.39, 0.29) is 21.3 Å². The van der Waals surface area contributed by atoms with Crippen LogP contribution in [0.25, 0.3) is 0 Å². The Kier molecular flexibility index (Phi) is 10.7. The molecule has 32 heavy (non-hydrogen) atoms. The molecule has 4 N–H and O–H groups in total. The molecule has 0 aliphatic carbocycles. The van der Waals surface area contributed by atoms with Crippen molar-refractivity contribution < 1.29 is 19.5 Å². The van der Waals surface area contributed by atoms with Crippen molar-refractivity contribution in [1.82, 2.24) is 15.6 Å². The topological polar surface area (TPSA) is 120 Å². The summed E-state index contributed by atoms with van der Waals surface area (Å²) < 4.78 is 0. The van der Waals surface area contributed by atoms with E-state index in [4.69, 9.17) is 0 Å². The average Bonchev–Trinajstić information content (AvgIpc) is 3.09. The number of unbranched alkanes of at least 4 members (excludes halogenated alkanes) is 5. The number of aromatic nitrogens is 1. The second-order valence-corrected chi connectivity index (χ2v) is 8.56. The SMILES string of the molecule is CCCCCCCCNC(=O)Nc1sc(C(=O)NCCc2ccccn2)c(C)c1C(=O)O. The molecule has 2 aromatic rings. The van der Waals surface area contributed by atoms with Crippen LogP contribution >= 0.6 is 11.3 Å². The first-order chi connectivity index (χ1) is 15.4. The maximum absolute atomic E-state index is 12.6. The van der Waals surface area contributed by atoms with E-state index in [1.54, 1.807) is 13.1 Å². The standard InChI is InChI=1S/C23H32N4O4S/c1-3-4-5-6-7-9-14-26-23(31)27-21-18(22(29)30)16(2)19(32-21)20(28)25-15-12-17-11-8-10-13-24-17/h8,10-11,13H,3-7,9,12,14-15H2,1-2H3,(H,25,28)(H,29,30)(H2,26,27,31). The number of thiophene rings is 1. The summed E-state index contributed by atoms with van der Waals surface area (Å²) in [5.74, 6) is -1.55. The average molecular weight is 461 g/mol. The van der Waals surface area contributed by atoms with Crippen LogP contribution in [-0.4, -0.2) is 41.1 Å². The number of hydrogen-bond acceptors (Lipinski definition) is 5. The van der Waals surface area contributed by atoms with Gasteiger partial charge in [0.1, 0.15) is 5.00 Å². The maximum atomic E-state index is 12.6. The Hall–Kier alpha value is -2.94. The van der Waals surface area contributed by atoms with Gasteiger partial charge < -0.3 is 15.7 Å². The lowest BCUT2D eigenvalue weighted by atomic mass is 10.1. The number of carbonyl (C=O) groups is 3. The Morgan fingerprint density at radius 2 is 1.78 bits per heavy atom. The third-order valence-corrected chi connectivity index (χ3v) is 6.21. The molecule has 3 amide bonds. The molecule has 0 saturated carbocycles. The number of nitrogens with zero attached hydrogens (tertiary/aromatic N) is 1. The fourth-order valence-corrected chi connectivity index (χ4v) is 4.37. The molecule has 0 saturated heterocycles. The fourth-order valence-electron chi connectivity index (χ4n) is 3.26. The van der Waals surface area contributed by atoms with Crippen LogP contribution in [0.3, 0.4) is 0 Å². The van der Waals surface area contributed by atoms with Gasteiger partial charge in [-0.3, -0.25) is 15.1 Å². The minimum absolute atomic E-state index is 0.0559. The summed E-state index contributed by atoms with van der Waals surface area (Å²) in [6, 6.07) is 5.10. The van der Waals surface area contributed by atoms with Gasteiger partial charge in [0.25, 0.3) is 5.91 Å². The van der Waals surface area contributed by atoms with Gasteiger partial charge in [0, 0.05) is 31.4 Å². The van der Waals surface area contributed by atoms with Gasteiger partial charge in [-0.05, 0) is 31.0 Å². The number of carbonyl (C=O) groups excluding carboxylic acids is 2. The molecule has 0 bridgehead atoms. The van der Waals surface area contributed by atoms with Gasteiger partial charge in [0.15, 0.2) is 0 Å². The number of anilines is 1. The Bertz CT molecular complexity index is 899. The van der Waals surface area contributed by atoms with Crippen molar-refractivity contribution in [3.63, 3.8) is 0 Å². The number of amides is 3. The third-order valence-electron chi connectivity index (χ3n) is 5.00. The van der Waals surface area contributed by atoms with Crippen molar-refractivity contribution in [2.75, 3.05) is 18.4 Å². The van der Waals surface area contributed by atoms with Crippen molar-refractivity contribution >= 4 is 34.2 Å². The van der Waals surface area contributed by atoms with Gasteiger partial charge in [-0.1, -0.05) is 45.1 Å².